The highest BCUT2D eigenvalue weighted by molar-refractivity contribution is 6.12. The summed E-state index contributed by atoms with van der Waals surface area (Å²) in [4.78, 5) is 18.5. The van der Waals surface area contributed by atoms with Crippen molar-refractivity contribution in [1.82, 2.24) is 4.57 Å². The van der Waals surface area contributed by atoms with Gasteiger partial charge < -0.3 is 23.5 Å². The molecule has 6 heteroatoms. The largest absolute Gasteiger partial charge is 0.456 e. The molecule has 0 unspecified atom stereocenters. The number of fused-ring (bicyclic) bond motifs is 7. The number of benzene rings is 8. The second kappa shape index (κ2) is 12.3. The molecule has 1 aliphatic heterocycles. The van der Waals surface area contributed by atoms with Crippen LogP contribution in [0.1, 0.15) is 0 Å². The summed E-state index contributed by atoms with van der Waals surface area (Å²) >= 11 is 0. The minimum Gasteiger partial charge on any atom is -0.456 e. The Morgan fingerprint density at radius 3 is 1.87 bits per heavy atom. The standard InChI is InChI=1S/C49H31N3O3/c53-48-37-22-11-13-26-45(37)54-46-28-27-35(29-39(46)48)52-42-25-14-24-41(50(32-15-4-1-5-16-32)33-17-6-2-7-18-33)49(42)55-47-31-43-38(30-44(47)52)36-21-10-12-23-40(36)51(43)34-19-8-3-9-20-34/h1-31H. The van der Waals surface area contributed by atoms with Crippen LogP contribution >= 0.6 is 0 Å². The number of anilines is 6. The molecule has 10 aromatic rings. The second-order valence-corrected chi connectivity index (χ2v) is 13.7. The molecule has 3 heterocycles. The molecule has 11 rings (SSSR count). The highest BCUT2D eigenvalue weighted by atomic mass is 16.5. The number of nitrogens with zero attached hydrogens (tertiary/aromatic N) is 3. The minimum absolute atomic E-state index is 0.0677. The molecule has 6 nitrogen and oxygen atoms in total. The van der Waals surface area contributed by atoms with Crippen molar-refractivity contribution < 1.29 is 9.15 Å². The van der Waals surface area contributed by atoms with Crippen LogP contribution in [0.2, 0.25) is 0 Å². The van der Waals surface area contributed by atoms with Crippen molar-refractivity contribution in [2.75, 3.05) is 9.80 Å². The molecule has 0 aliphatic carbocycles. The van der Waals surface area contributed by atoms with Crippen molar-refractivity contribution in [3.63, 3.8) is 0 Å². The molecule has 1 aliphatic rings. The number of aromatic nitrogens is 1. The minimum atomic E-state index is -0.0677. The van der Waals surface area contributed by atoms with Crippen LogP contribution in [0.5, 0.6) is 11.5 Å². The number of ether oxygens (including phenoxy) is 1. The van der Waals surface area contributed by atoms with Gasteiger partial charge in [-0.2, -0.15) is 0 Å². The highest BCUT2D eigenvalue weighted by Crippen LogP contribution is 2.57. The maximum Gasteiger partial charge on any atom is 0.200 e. The zero-order valence-electron chi connectivity index (χ0n) is 29.5. The van der Waals surface area contributed by atoms with E-state index in [4.69, 9.17) is 9.15 Å². The predicted molar refractivity (Wildman–Crippen MR) is 224 cm³/mol. The Labute approximate surface area is 315 Å². The monoisotopic (exact) mass is 709 g/mol. The molecule has 0 N–H and O–H groups in total. The third-order valence-electron chi connectivity index (χ3n) is 10.5. The second-order valence-electron chi connectivity index (χ2n) is 13.7. The van der Waals surface area contributed by atoms with Gasteiger partial charge in [-0.3, -0.25) is 4.79 Å². The third-order valence-corrected chi connectivity index (χ3v) is 10.5. The summed E-state index contributed by atoms with van der Waals surface area (Å²) in [7, 11) is 0. The molecule has 0 spiro atoms. The summed E-state index contributed by atoms with van der Waals surface area (Å²) in [6.07, 6.45) is 0. The molecule has 0 saturated heterocycles. The summed E-state index contributed by atoms with van der Waals surface area (Å²) in [6, 6.07) is 63.5. The van der Waals surface area contributed by atoms with E-state index in [2.05, 4.69) is 117 Å². The SMILES string of the molecule is O=c1c2ccccc2oc2ccc(N3c4cc5c6ccccc6n(-c6ccccc6)c5cc4Oc4c(N(c5ccccc5)c5ccccc5)cccc43)cc12. The quantitative estimate of drug-likeness (QED) is 0.167. The van der Waals surface area contributed by atoms with Crippen molar-refractivity contribution in [1.29, 1.82) is 0 Å². The maximum absolute atomic E-state index is 14.0. The fourth-order valence-corrected chi connectivity index (χ4v) is 8.10. The predicted octanol–water partition coefficient (Wildman–Crippen LogP) is 13.1. The van der Waals surface area contributed by atoms with E-state index in [1.807, 2.05) is 84.9 Å². The molecule has 0 radical (unpaired) electrons. The van der Waals surface area contributed by atoms with Gasteiger partial charge in [0.1, 0.15) is 11.2 Å². The Bertz CT molecular complexity index is 3120. The molecule has 55 heavy (non-hydrogen) atoms. The van der Waals surface area contributed by atoms with Gasteiger partial charge in [-0.1, -0.05) is 91.0 Å². The third kappa shape index (κ3) is 4.85. The van der Waals surface area contributed by atoms with Crippen molar-refractivity contribution in [3.8, 4) is 17.2 Å². The van der Waals surface area contributed by atoms with Crippen LogP contribution < -0.4 is 20.0 Å². The van der Waals surface area contributed by atoms with Gasteiger partial charge in [0.25, 0.3) is 0 Å². The van der Waals surface area contributed by atoms with Gasteiger partial charge in [0.05, 0.1) is 38.9 Å². The highest BCUT2D eigenvalue weighted by Gasteiger charge is 2.32. The van der Waals surface area contributed by atoms with E-state index in [0.717, 1.165) is 61.6 Å². The van der Waals surface area contributed by atoms with E-state index in [9.17, 15) is 4.79 Å². The van der Waals surface area contributed by atoms with E-state index >= 15 is 0 Å². The van der Waals surface area contributed by atoms with Gasteiger partial charge in [-0.25, -0.2) is 0 Å². The summed E-state index contributed by atoms with van der Waals surface area (Å²) < 4.78 is 15.7. The van der Waals surface area contributed by atoms with Gasteiger partial charge >= 0.3 is 0 Å². The van der Waals surface area contributed by atoms with Gasteiger partial charge in [0.2, 0.25) is 5.43 Å². The van der Waals surface area contributed by atoms with Crippen LogP contribution in [-0.4, -0.2) is 4.57 Å². The maximum atomic E-state index is 14.0. The van der Waals surface area contributed by atoms with Crippen LogP contribution in [0.25, 0.3) is 49.4 Å². The number of hydrogen-bond acceptors (Lipinski definition) is 5. The summed E-state index contributed by atoms with van der Waals surface area (Å²) in [5, 5.41) is 3.29. The summed E-state index contributed by atoms with van der Waals surface area (Å²) in [5.74, 6) is 1.38. The van der Waals surface area contributed by atoms with E-state index < -0.39 is 0 Å². The summed E-state index contributed by atoms with van der Waals surface area (Å²) in [5.41, 5.74) is 9.63. The van der Waals surface area contributed by atoms with E-state index in [-0.39, 0.29) is 5.43 Å². The number of para-hydroxylation sites is 6. The molecule has 0 amide bonds. The Kier molecular flexibility index (Phi) is 6.91. The molecule has 0 atom stereocenters. The van der Waals surface area contributed by atoms with Crippen LogP contribution in [0, 0.1) is 0 Å². The Balaban J connectivity index is 1.21. The van der Waals surface area contributed by atoms with Gasteiger partial charge in [-0.15, -0.1) is 0 Å². The number of rotatable bonds is 5. The Morgan fingerprint density at radius 1 is 0.455 bits per heavy atom. The van der Waals surface area contributed by atoms with Gasteiger partial charge in [-0.05, 0) is 91.0 Å². The molecule has 2 aromatic heterocycles. The Morgan fingerprint density at radius 2 is 1.11 bits per heavy atom. The van der Waals surface area contributed by atoms with Crippen molar-refractivity contribution in [2.45, 2.75) is 0 Å². The lowest BCUT2D eigenvalue weighted by Crippen LogP contribution is -2.19. The molecular weight excluding hydrogens is 679 g/mol. The van der Waals surface area contributed by atoms with E-state index in [1.165, 1.54) is 0 Å². The smallest absolute Gasteiger partial charge is 0.200 e. The van der Waals surface area contributed by atoms with Crippen molar-refractivity contribution >= 4 is 77.9 Å². The van der Waals surface area contributed by atoms with E-state index in [0.29, 0.717) is 33.4 Å². The average Bonchev–Trinajstić information content (AvgIpc) is 3.56. The zero-order valence-corrected chi connectivity index (χ0v) is 29.5. The first kappa shape index (κ1) is 31.0. The number of hydrogen-bond donors (Lipinski definition) is 0. The Hall–Kier alpha value is -7.57. The first-order valence-corrected chi connectivity index (χ1v) is 18.3. The van der Waals surface area contributed by atoms with Crippen LogP contribution in [0.15, 0.2) is 197 Å². The lowest BCUT2D eigenvalue weighted by atomic mass is 10.0. The van der Waals surface area contributed by atoms with Gasteiger partial charge in [0.15, 0.2) is 11.5 Å². The zero-order chi connectivity index (χ0) is 36.5. The fraction of sp³-hybridized carbons (Fsp3) is 0. The fourth-order valence-electron chi connectivity index (χ4n) is 8.10. The van der Waals surface area contributed by atoms with Crippen molar-refractivity contribution in [2.24, 2.45) is 0 Å². The topological polar surface area (TPSA) is 50.9 Å². The van der Waals surface area contributed by atoms with Crippen molar-refractivity contribution in [3.05, 3.63) is 198 Å². The molecule has 0 saturated carbocycles. The van der Waals surface area contributed by atoms with Crippen LogP contribution in [-0.2, 0) is 0 Å². The summed E-state index contributed by atoms with van der Waals surface area (Å²) in [6.45, 7) is 0. The lowest BCUT2D eigenvalue weighted by molar-refractivity contribution is 0.478. The van der Waals surface area contributed by atoms with Gasteiger partial charge in [0, 0.05) is 39.6 Å². The first-order valence-electron chi connectivity index (χ1n) is 18.3. The first-order chi connectivity index (χ1) is 27.2. The molecular formula is C49H31N3O3. The molecule has 0 fully saturated rings. The lowest BCUT2D eigenvalue weighted by Gasteiger charge is -2.36. The molecule has 0 bridgehead atoms. The molecule has 8 aromatic carbocycles. The van der Waals surface area contributed by atoms with Crippen LogP contribution in [0.4, 0.5) is 34.1 Å². The average molecular weight is 710 g/mol. The molecule has 260 valence electrons. The van der Waals surface area contributed by atoms with E-state index in [1.54, 1.807) is 0 Å². The normalized spacial score (nSPS) is 12.2. The van der Waals surface area contributed by atoms with Crippen LogP contribution in [0.3, 0.4) is 0 Å².